The van der Waals surface area contributed by atoms with Crippen molar-refractivity contribution in [2.45, 2.75) is 4.90 Å². The monoisotopic (exact) mass is 233 g/mol. The topological polar surface area (TPSA) is 42.2 Å². The summed E-state index contributed by atoms with van der Waals surface area (Å²) in [5.74, 6) is -0.161. The standard InChI is InChI=1S/C12H11NO2S/c1-16-11-4-2-10(3-5-11)13-12(14)9-6-7-15-8-9/h2-8H,1H3,(H,13,14). The molecule has 0 bridgehead atoms. The zero-order chi connectivity index (χ0) is 11.4. The molecule has 0 aliphatic heterocycles. The van der Waals surface area contributed by atoms with Gasteiger partial charge in [-0.2, -0.15) is 0 Å². The number of furan rings is 1. The van der Waals surface area contributed by atoms with E-state index in [0.717, 1.165) is 5.69 Å². The first-order valence-corrected chi connectivity index (χ1v) is 5.99. The van der Waals surface area contributed by atoms with Crippen molar-refractivity contribution in [3.8, 4) is 0 Å². The molecule has 1 amide bonds. The summed E-state index contributed by atoms with van der Waals surface area (Å²) in [5, 5.41) is 2.79. The Bertz CT molecular complexity index is 462. The number of rotatable bonds is 3. The van der Waals surface area contributed by atoms with Crippen molar-refractivity contribution in [3.05, 3.63) is 48.4 Å². The quantitative estimate of drug-likeness (QED) is 0.827. The van der Waals surface area contributed by atoms with Gasteiger partial charge in [-0.15, -0.1) is 11.8 Å². The van der Waals surface area contributed by atoms with Crippen LogP contribution < -0.4 is 5.32 Å². The van der Waals surface area contributed by atoms with Crippen molar-refractivity contribution < 1.29 is 9.21 Å². The van der Waals surface area contributed by atoms with Crippen molar-refractivity contribution in [2.75, 3.05) is 11.6 Å². The third-order valence-corrected chi connectivity index (χ3v) is 2.87. The van der Waals surface area contributed by atoms with Gasteiger partial charge in [0.15, 0.2) is 0 Å². The zero-order valence-electron chi connectivity index (χ0n) is 8.77. The highest BCUT2D eigenvalue weighted by molar-refractivity contribution is 7.98. The minimum absolute atomic E-state index is 0.161. The Morgan fingerprint density at radius 3 is 2.56 bits per heavy atom. The number of amides is 1. The third-order valence-electron chi connectivity index (χ3n) is 2.13. The van der Waals surface area contributed by atoms with Crippen molar-refractivity contribution in [1.29, 1.82) is 0 Å². The predicted molar refractivity (Wildman–Crippen MR) is 64.9 cm³/mol. The lowest BCUT2D eigenvalue weighted by molar-refractivity contribution is 0.102. The maximum Gasteiger partial charge on any atom is 0.258 e. The van der Waals surface area contributed by atoms with E-state index in [4.69, 9.17) is 4.42 Å². The van der Waals surface area contributed by atoms with Crippen LogP contribution in [-0.4, -0.2) is 12.2 Å². The number of carbonyl (C=O) groups is 1. The molecular weight excluding hydrogens is 222 g/mol. The first-order chi connectivity index (χ1) is 7.79. The molecule has 0 aliphatic rings. The maximum absolute atomic E-state index is 11.7. The highest BCUT2D eigenvalue weighted by Gasteiger charge is 2.06. The molecule has 0 saturated carbocycles. The van der Waals surface area contributed by atoms with Gasteiger partial charge in [0, 0.05) is 10.6 Å². The van der Waals surface area contributed by atoms with E-state index in [9.17, 15) is 4.79 Å². The second-order valence-corrected chi connectivity index (χ2v) is 4.07. The summed E-state index contributed by atoms with van der Waals surface area (Å²) in [6.45, 7) is 0. The Kier molecular flexibility index (Phi) is 3.31. The number of anilines is 1. The lowest BCUT2D eigenvalue weighted by Gasteiger charge is -2.03. The van der Waals surface area contributed by atoms with Gasteiger partial charge in [0.1, 0.15) is 6.26 Å². The van der Waals surface area contributed by atoms with Crippen LogP contribution in [0.1, 0.15) is 10.4 Å². The van der Waals surface area contributed by atoms with Gasteiger partial charge in [0.25, 0.3) is 5.91 Å². The number of hydrogen-bond acceptors (Lipinski definition) is 3. The summed E-state index contributed by atoms with van der Waals surface area (Å²) < 4.78 is 4.85. The van der Waals surface area contributed by atoms with E-state index in [1.165, 1.54) is 17.4 Å². The fourth-order valence-electron chi connectivity index (χ4n) is 1.27. The Hall–Kier alpha value is -1.68. The fourth-order valence-corrected chi connectivity index (χ4v) is 1.68. The summed E-state index contributed by atoms with van der Waals surface area (Å²) >= 11 is 1.67. The van der Waals surface area contributed by atoms with Gasteiger partial charge in [-0.25, -0.2) is 0 Å². The molecule has 82 valence electrons. The van der Waals surface area contributed by atoms with Gasteiger partial charge in [0.05, 0.1) is 11.8 Å². The maximum atomic E-state index is 11.7. The predicted octanol–water partition coefficient (Wildman–Crippen LogP) is 3.25. The second-order valence-electron chi connectivity index (χ2n) is 3.19. The highest BCUT2D eigenvalue weighted by Crippen LogP contribution is 2.18. The fraction of sp³-hybridized carbons (Fsp3) is 0.0833. The van der Waals surface area contributed by atoms with Crippen LogP contribution in [-0.2, 0) is 0 Å². The zero-order valence-corrected chi connectivity index (χ0v) is 9.58. The molecule has 0 unspecified atom stereocenters. The normalized spacial score (nSPS) is 10.1. The average Bonchev–Trinajstić information content (AvgIpc) is 2.83. The molecular formula is C12H11NO2S. The molecule has 2 aromatic rings. The van der Waals surface area contributed by atoms with E-state index >= 15 is 0 Å². The van der Waals surface area contributed by atoms with Crippen LogP contribution in [0.25, 0.3) is 0 Å². The number of hydrogen-bond donors (Lipinski definition) is 1. The van der Waals surface area contributed by atoms with Crippen LogP contribution in [0.2, 0.25) is 0 Å². The molecule has 1 N–H and O–H groups in total. The summed E-state index contributed by atoms with van der Waals surface area (Å²) in [7, 11) is 0. The number of benzene rings is 1. The number of nitrogens with one attached hydrogen (secondary N) is 1. The summed E-state index contributed by atoms with van der Waals surface area (Å²) in [6, 6.07) is 9.32. The van der Waals surface area contributed by atoms with Crippen LogP contribution in [0.4, 0.5) is 5.69 Å². The molecule has 0 spiro atoms. The van der Waals surface area contributed by atoms with E-state index in [2.05, 4.69) is 5.32 Å². The summed E-state index contributed by atoms with van der Waals surface area (Å²) in [4.78, 5) is 12.8. The average molecular weight is 233 g/mol. The Labute approximate surface area is 97.8 Å². The van der Waals surface area contributed by atoms with Crippen LogP contribution >= 0.6 is 11.8 Å². The van der Waals surface area contributed by atoms with Gasteiger partial charge in [-0.3, -0.25) is 4.79 Å². The van der Waals surface area contributed by atoms with Gasteiger partial charge in [0.2, 0.25) is 0 Å². The van der Waals surface area contributed by atoms with E-state index in [-0.39, 0.29) is 5.91 Å². The van der Waals surface area contributed by atoms with Crippen LogP contribution in [0, 0.1) is 0 Å². The molecule has 0 aliphatic carbocycles. The number of carbonyl (C=O) groups excluding carboxylic acids is 1. The molecule has 0 radical (unpaired) electrons. The highest BCUT2D eigenvalue weighted by atomic mass is 32.2. The Morgan fingerprint density at radius 1 is 1.25 bits per heavy atom. The minimum Gasteiger partial charge on any atom is -0.472 e. The molecule has 4 heteroatoms. The molecule has 1 aromatic carbocycles. The summed E-state index contributed by atoms with van der Waals surface area (Å²) in [5.41, 5.74) is 1.30. The third kappa shape index (κ3) is 2.46. The van der Waals surface area contributed by atoms with E-state index in [1.54, 1.807) is 17.8 Å². The van der Waals surface area contributed by atoms with Crippen molar-refractivity contribution in [2.24, 2.45) is 0 Å². The molecule has 0 fully saturated rings. The second kappa shape index (κ2) is 4.90. The molecule has 1 heterocycles. The SMILES string of the molecule is CSc1ccc(NC(=O)c2ccoc2)cc1. The molecule has 0 atom stereocenters. The van der Waals surface area contributed by atoms with Gasteiger partial charge in [-0.05, 0) is 36.6 Å². The van der Waals surface area contributed by atoms with Crippen molar-refractivity contribution in [3.63, 3.8) is 0 Å². The Morgan fingerprint density at radius 2 is 2.00 bits per heavy atom. The summed E-state index contributed by atoms with van der Waals surface area (Å²) in [6.07, 6.45) is 4.91. The molecule has 1 aromatic heterocycles. The first kappa shape index (κ1) is 10.8. The first-order valence-electron chi connectivity index (χ1n) is 4.77. The van der Waals surface area contributed by atoms with E-state index in [0.29, 0.717) is 5.56 Å². The van der Waals surface area contributed by atoms with Crippen molar-refractivity contribution in [1.82, 2.24) is 0 Å². The molecule has 0 saturated heterocycles. The van der Waals surface area contributed by atoms with Gasteiger partial charge < -0.3 is 9.73 Å². The lowest BCUT2D eigenvalue weighted by atomic mass is 10.3. The van der Waals surface area contributed by atoms with Gasteiger partial charge in [-0.1, -0.05) is 0 Å². The van der Waals surface area contributed by atoms with Gasteiger partial charge >= 0.3 is 0 Å². The van der Waals surface area contributed by atoms with E-state index in [1.807, 2.05) is 30.5 Å². The molecule has 16 heavy (non-hydrogen) atoms. The molecule has 2 rings (SSSR count). The van der Waals surface area contributed by atoms with Crippen LogP contribution in [0.5, 0.6) is 0 Å². The van der Waals surface area contributed by atoms with Crippen LogP contribution in [0.3, 0.4) is 0 Å². The van der Waals surface area contributed by atoms with E-state index < -0.39 is 0 Å². The largest absolute Gasteiger partial charge is 0.472 e. The van der Waals surface area contributed by atoms with Crippen molar-refractivity contribution >= 4 is 23.4 Å². The smallest absolute Gasteiger partial charge is 0.258 e. The number of thioether (sulfide) groups is 1. The van der Waals surface area contributed by atoms with Crippen LogP contribution in [0.15, 0.2) is 52.2 Å². The molecule has 3 nitrogen and oxygen atoms in total. The Balaban J connectivity index is 2.06. The lowest BCUT2D eigenvalue weighted by Crippen LogP contribution is -2.10. The minimum atomic E-state index is -0.161.